The molecule has 0 aliphatic carbocycles. The Hall–Kier alpha value is -2.28. The number of rotatable bonds is 7. The second-order valence-corrected chi connectivity index (χ2v) is 4.73. The van der Waals surface area contributed by atoms with Gasteiger partial charge in [0.2, 0.25) is 5.78 Å². The van der Waals surface area contributed by atoms with Crippen LogP contribution in [0, 0.1) is 0 Å². The second kappa shape index (κ2) is 8.99. The van der Waals surface area contributed by atoms with Gasteiger partial charge in [0.1, 0.15) is 5.57 Å². The molecule has 0 saturated heterocycles. The Bertz CT molecular complexity index is 616. The quantitative estimate of drug-likeness (QED) is 0.190. The number of esters is 1. The van der Waals surface area contributed by atoms with E-state index < -0.39 is 23.8 Å². The highest BCUT2D eigenvalue weighted by atomic mass is 35.5. The molecule has 0 fully saturated rings. The van der Waals surface area contributed by atoms with Gasteiger partial charge in [0.25, 0.3) is 0 Å². The van der Waals surface area contributed by atoms with E-state index in [2.05, 4.69) is 9.84 Å². The predicted octanol–water partition coefficient (Wildman–Crippen LogP) is 2.89. The Balaban J connectivity index is 2.93. The van der Waals surface area contributed by atoms with E-state index in [4.69, 9.17) is 11.6 Å². The fraction of sp³-hybridized carbons (Fsp3) is 0.267. The molecule has 23 heavy (non-hydrogen) atoms. The van der Waals surface area contributed by atoms with Crippen LogP contribution < -0.4 is 0 Å². The molecular weight excluding hydrogens is 330 g/mol. The fourth-order valence-electron chi connectivity index (χ4n) is 1.47. The Morgan fingerprint density at radius 1 is 1.35 bits per heavy atom. The Morgan fingerprint density at radius 3 is 2.48 bits per heavy atom. The number of hydrogen-bond acceptors (Lipinski definition) is 5. The summed E-state index contributed by atoms with van der Waals surface area (Å²) in [7, 11) is 1.39. The number of carbonyl (C=O) groups excluding carboxylic acids is 2. The van der Waals surface area contributed by atoms with Gasteiger partial charge >= 0.3 is 12.4 Å². The lowest BCUT2D eigenvalue weighted by atomic mass is 10.2. The minimum Gasteiger partial charge on any atom is -0.462 e. The molecule has 5 nitrogen and oxygen atoms in total. The number of ether oxygens (including phenoxy) is 1. The van der Waals surface area contributed by atoms with E-state index >= 15 is 0 Å². The third kappa shape index (κ3) is 6.15. The van der Waals surface area contributed by atoms with Crippen LogP contribution in [0.2, 0.25) is 5.02 Å². The fourth-order valence-corrected chi connectivity index (χ4v) is 1.60. The van der Waals surface area contributed by atoms with E-state index in [0.717, 1.165) is 11.2 Å². The van der Waals surface area contributed by atoms with Crippen molar-refractivity contribution in [3.8, 4) is 0 Å². The molecule has 0 amide bonds. The normalized spacial score (nSPS) is 11.8. The summed E-state index contributed by atoms with van der Waals surface area (Å²) in [5, 5.41) is 5.56. The number of benzene rings is 1. The van der Waals surface area contributed by atoms with Gasteiger partial charge in [0.05, 0.1) is 12.8 Å². The van der Waals surface area contributed by atoms with Crippen LogP contribution in [0.5, 0.6) is 0 Å². The topological polar surface area (TPSA) is 59.0 Å². The van der Waals surface area contributed by atoms with Crippen molar-refractivity contribution in [2.75, 3.05) is 13.7 Å². The molecule has 0 heterocycles. The van der Waals surface area contributed by atoms with Crippen LogP contribution in [-0.2, 0) is 14.3 Å². The van der Waals surface area contributed by atoms with Gasteiger partial charge in [0, 0.05) is 18.3 Å². The maximum atomic E-state index is 12.6. The van der Waals surface area contributed by atoms with Crippen LogP contribution in [-0.4, -0.2) is 43.1 Å². The van der Waals surface area contributed by atoms with E-state index in [9.17, 15) is 18.4 Å². The molecule has 0 bridgehead atoms. The molecule has 0 saturated carbocycles. The van der Waals surface area contributed by atoms with Crippen molar-refractivity contribution in [3.63, 3.8) is 0 Å². The Labute approximate surface area is 137 Å². The molecule has 0 spiro atoms. The van der Waals surface area contributed by atoms with Crippen LogP contribution in [0.25, 0.3) is 0 Å². The second-order valence-electron chi connectivity index (χ2n) is 4.30. The van der Waals surface area contributed by atoms with Crippen molar-refractivity contribution in [3.05, 3.63) is 46.6 Å². The molecule has 0 aromatic heterocycles. The SMILES string of the molecule is CCOC(=O)C(=CN(C)N=Cc1ccc(Cl)cc1)C(=O)C(F)F. The van der Waals surface area contributed by atoms with Crippen LogP contribution in [0.4, 0.5) is 8.78 Å². The van der Waals surface area contributed by atoms with Crippen LogP contribution in [0.3, 0.4) is 0 Å². The summed E-state index contributed by atoms with van der Waals surface area (Å²) < 4.78 is 29.7. The van der Waals surface area contributed by atoms with E-state index in [1.165, 1.54) is 20.2 Å². The molecular formula is C15H15ClF2N2O3. The molecule has 0 aliphatic rings. The van der Waals surface area contributed by atoms with Crippen molar-refractivity contribution >= 4 is 29.6 Å². The number of ketones is 1. The lowest BCUT2D eigenvalue weighted by Gasteiger charge is -2.10. The van der Waals surface area contributed by atoms with E-state index in [-0.39, 0.29) is 6.61 Å². The molecule has 0 aliphatic heterocycles. The van der Waals surface area contributed by atoms with Crippen molar-refractivity contribution in [2.45, 2.75) is 13.3 Å². The van der Waals surface area contributed by atoms with Crippen LogP contribution >= 0.6 is 11.6 Å². The third-order valence-corrected chi connectivity index (χ3v) is 2.79. The van der Waals surface area contributed by atoms with Gasteiger partial charge in [-0.05, 0) is 24.6 Å². The van der Waals surface area contributed by atoms with E-state index in [1.54, 1.807) is 24.3 Å². The zero-order chi connectivity index (χ0) is 17.4. The molecule has 1 aromatic rings. The highest BCUT2D eigenvalue weighted by Gasteiger charge is 2.27. The largest absolute Gasteiger partial charge is 0.462 e. The summed E-state index contributed by atoms with van der Waals surface area (Å²) in [6.07, 6.45) is -0.985. The number of hydrogen-bond donors (Lipinski definition) is 0. The van der Waals surface area contributed by atoms with Crippen molar-refractivity contribution < 1.29 is 23.1 Å². The maximum absolute atomic E-state index is 12.6. The van der Waals surface area contributed by atoms with Gasteiger partial charge in [-0.2, -0.15) is 5.10 Å². The molecule has 1 aromatic carbocycles. The first-order chi connectivity index (χ1) is 10.8. The van der Waals surface area contributed by atoms with Gasteiger partial charge in [-0.15, -0.1) is 0 Å². The number of nitrogens with zero attached hydrogens (tertiary/aromatic N) is 2. The number of Topliss-reactive ketones (excluding diaryl/α,β-unsaturated/α-hetero) is 1. The lowest BCUT2D eigenvalue weighted by Crippen LogP contribution is -2.23. The van der Waals surface area contributed by atoms with Gasteiger partial charge in [-0.25, -0.2) is 13.6 Å². The highest BCUT2D eigenvalue weighted by Crippen LogP contribution is 2.10. The van der Waals surface area contributed by atoms with E-state index in [1.807, 2.05) is 0 Å². The highest BCUT2D eigenvalue weighted by molar-refractivity contribution is 6.30. The molecule has 0 N–H and O–H groups in total. The summed E-state index contributed by atoms with van der Waals surface area (Å²) in [5.74, 6) is -2.73. The number of carbonyl (C=O) groups is 2. The maximum Gasteiger partial charge on any atom is 0.343 e. The summed E-state index contributed by atoms with van der Waals surface area (Å²) in [4.78, 5) is 23.0. The first-order valence-corrected chi connectivity index (χ1v) is 6.96. The lowest BCUT2D eigenvalue weighted by molar-refractivity contribution is -0.141. The van der Waals surface area contributed by atoms with Crippen LogP contribution in [0.1, 0.15) is 12.5 Å². The first kappa shape index (κ1) is 18.8. The van der Waals surface area contributed by atoms with E-state index in [0.29, 0.717) is 10.6 Å². The molecule has 124 valence electrons. The number of halogens is 3. The van der Waals surface area contributed by atoms with Gasteiger partial charge in [-0.3, -0.25) is 9.80 Å². The minimum atomic E-state index is -3.31. The van der Waals surface area contributed by atoms with Gasteiger partial charge in [-0.1, -0.05) is 23.7 Å². The van der Waals surface area contributed by atoms with Gasteiger partial charge < -0.3 is 4.74 Å². The Kier molecular flexibility index (Phi) is 7.34. The third-order valence-electron chi connectivity index (χ3n) is 2.53. The summed E-state index contributed by atoms with van der Waals surface area (Å²) in [5.41, 5.74) is -0.0647. The smallest absolute Gasteiger partial charge is 0.343 e. The zero-order valence-corrected chi connectivity index (χ0v) is 13.3. The number of alkyl halides is 2. The minimum absolute atomic E-state index is 0.0373. The average Bonchev–Trinajstić information content (AvgIpc) is 2.51. The van der Waals surface area contributed by atoms with Crippen molar-refractivity contribution in [1.29, 1.82) is 0 Å². The summed E-state index contributed by atoms with van der Waals surface area (Å²) >= 11 is 5.75. The molecule has 8 heteroatoms. The molecule has 1 rings (SSSR count). The average molecular weight is 345 g/mol. The zero-order valence-electron chi connectivity index (χ0n) is 12.5. The summed E-state index contributed by atoms with van der Waals surface area (Å²) in [6.45, 7) is 1.47. The van der Waals surface area contributed by atoms with Gasteiger partial charge in [0.15, 0.2) is 0 Å². The molecule has 0 unspecified atom stereocenters. The van der Waals surface area contributed by atoms with Crippen molar-refractivity contribution in [1.82, 2.24) is 5.01 Å². The standard InChI is InChI=1S/C15H15ClF2N2O3/c1-3-23-15(22)12(13(21)14(17)18)9-20(2)19-8-10-4-6-11(16)7-5-10/h4-9,14H,3H2,1-2H3. The summed E-state index contributed by atoms with van der Waals surface area (Å²) in [6, 6.07) is 6.70. The monoisotopic (exact) mass is 344 g/mol. The molecule has 0 radical (unpaired) electrons. The Morgan fingerprint density at radius 2 is 1.96 bits per heavy atom. The number of hydrazone groups is 1. The van der Waals surface area contributed by atoms with Crippen molar-refractivity contribution in [2.24, 2.45) is 5.10 Å². The first-order valence-electron chi connectivity index (χ1n) is 6.58. The molecule has 0 atom stereocenters. The predicted molar refractivity (Wildman–Crippen MR) is 82.5 cm³/mol. The van der Waals surface area contributed by atoms with Crippen LogP contribution in [0.15, 0.2) is 41.1 Å².